The molecule has 0 aliphatic carbocycles. The van der Waals surface area contributed by atoms with Gasteiger partial charge in [0, 0.05) is 10.8 Å². The molecular formula is C8H10O2S. The summed E-state index contributed by atoms with van der Waals surface area (Å²) in [6, 6.07) is 4.05. The second-order valence-electron chi connectivity index (χ2n) is 2.73. The highest BCUT2D eigenvalue weighted by atomic mass is 32.1. The second kappa shape index (κ2) is 2.93. The molecule has 2 heterocycles. The first-order valence-corrected chi connectivity index (χ1v) is 4.55. The third kappa shape index (κ3) is 1.31. The van der Waals surface area contributed by atoms with Crippen LogP contribution in [0.5, 0.6) is 0 Å². The number of hydrogen-bond acceptors (Lipinski definition) is 3. The maximum atomic E-state index is 9.44. The molecular weight excluding hydrogens is 160 g/mol. The molecule has 0 bridgehead atoms. The molecule has 1 aliphatic rings. The van der Waals surface area contributed by atoms with Crippen LogP contribution in [-0.2, 0) is 4.74 Å². The van der Waals surface area contributed by atoms with Gasteiger partial charge in [-0.05, 0) is 11.4 Å². The van der Waals surface area contributed by atoms with E-state index in [1.54, 1.807) is 11.3 Å². The lowest BCUT2D eigenvalue weighted by Crippen LogP contribution is -2.14. The van der Waals surface area contributed by atoms with E-state index < -0.39 is 0 Å². The SMILES string of the molecule is O[C@@H]1COC[C@H]1c1cccs1. The van der Waals surface area contributed by atoms with Crippen LogP contribution in [0.15, 0.2) is 17.5 Å². The molecule has 1 saturated heterocycles. The molecule has 60 valence electrons. The van der Waals surface area contributed by atoms with Crippen molar-refractivity contribution in [3.63, 3.8) is 0 Å². The van der Waals surface area contributed by atoms with Crippen molar-refractivity contribution in [3.8, 4) is 0 Å². The molecule has 0 aromatic carbocycles. The first-order chi connectivity index (χ1) is 5.38. The van der Waals surface area contributed by atoms with Crippen molar-refractivity contribution in [2.45, 2.75) is 12.0 Å². The minimum atomic E-state index is -0.298. The lowest BCUT2D eigenvalue weighted by atomic mass is 10.1. The van der Waals surface area contributed by atoms with Crippen LogP contribution in [0.4, 0.5) is 0 Å². The Kier molecular flexibility index (Phi) is 1.94. The van der Waals surface area contributed by atoms with E-state index in [2.05, 4.69) is 0 Å². The van der Waals surface area contributed by atoms with Gasteiger partial charge in [-0.2, -0.15) is 0 Å². The van der Waals surface area contributed by atoms with Gasteiger partial charge < -0.3 is 9.84 Å². The van der Waals surface area contributed by atoms with Gasteiger partial charge in [0.25, 0.3) is 0 Å². The number of rotatable bonds is 1. The van der Waals surface area contributed by atoms with E-state index in [0.717, 1.165) is 0 Å². The largest absolute Gasteiger partial charge is 0.390 e. The summed E-state index contributed by atoms with van der Waals surface area (Å²) in [5.74, 6) is 0.218. The van der Waals surface area contributed by atoms with E-state index in [1.807, 2.05) is 17.5 Å². The van der Waals surface area contributed by atoms with Crippen molar-refractivity contribution in [1.82, 2.24) is 0 Å². The summed E-state index contributed by atoms with van der Waals surface area (Å²) in [6.45, 7) is 1.16. The Balaban J connectivity index is 2.16. The Bertz CT molecular complexity index is 220. The summed E-state index contributed by atoms with van der Waals surface area (Å²) in [5.41, 5.74) is 0. The number of thiophene rings is 1. The lowest BCUT2D eigenvalue weighted by molar-refractivity contribution is 0.125. The van der Waals surface area contributed by atoms with Crippen LogP contribution >= 0.6 is 11.3 Å². The Morgan fingerprint density at radius 1 is 1.55 bits per heavy atom. The molecule has 1 aromatic rings. The average molecular weight is 170 g/mol. The topological polar surface area (TPSA) is 29.5 Å². The molecule has 1 aliphatic heterocycles. The van der Waals surface area contributed by atoms with Gasteiger partial charge in [-0.1, -0.05) is 6.07 Å². The van der Waals surface area contributed by atoms with Crippen LogP contribution in [0, 0.1) is 0 Å². The maximum absolute atomic E-state index is 9.44. The smallest absolute Gasteiger partial charge is 0.0872 e. The van der Waals surface area contributed by atoms with Gasteiger partial charge in [0.1, 0.15) is 0 Å². The predicted molar refractivity (Wildman–Crippen MR) is 43.9 cm³/mol. The molecule has 3 heteroatoms. The Hall–Kier alpha value is -0.380. The molecule has 11 heavy (non-hydrogen) atoms. The van der Waals surface area contributed by atoms with Crippen LogP contribution in [-0.4, -0.2) is 24.4 Å². The van der Waals surface area contributed by atoms with Crippen LogP contribution in [0.2, 0.25) is 0 Å². The van der Waals surface area contributed by atoms with Gasteiger partial charge in [-0.3, -0.25) is 0 Å². The van der Waals surface area contributed by atoms with Crippen molar-refractivity contribution < 1.29 is 9.84 Å². The van der Waals surface area contributed by atoms with E-state index in [0.29, 0.717) is 13.2 Å². The normalized spacial score (nSPS) is 31.0. The predicted octanol–water partition coefficient (Wildman–Crippen LogP) is 1.22. The van der Waals surface area contributed by atoms with E-state index in [1.165, 1.54) is 4.88 Å². The third-order valence-electron chi connectivity index (χ3n) is 1.96. The van der Waals surface area contributed by atoms with Gasteiger partial charge >= 0.3 is 0 Å². The van der Waals surface area contributed by atoms with E-state index >= 15 is 0 Å². The van der Waals surface area contributed by atoms with Gasteiger partial charge in [0.05, 0.1) is 19.3 Å². The van der Waals surface area contributed by atoms with Gasteiger partial charge in [0.2, 0.25) is 0 Å². The molecule has 2 rings (SSSR count). The van der Waals surface area contributed by atoms with E-state index in [4.69, 9.17) is 4.74 Å². The fourth-order valence-electron chi connectivity index (χ4n) is 1.32. The van der Waals surface area contributed by atoms with Crippen molar-refractivity contribution in [1.29, 1.82) is 0 Å². The zero-order valence-electron chi connectivity index (χ0n) is 6.06. The summed E-state index contributed by atoms with van der Waals surface area (Å²) in [5, 5.41) is 11.5. The maximum Gasteiger partial charge on any atom is 0.0872 e. The Morgan fingerprint density at radius 3 is 3.00 bits per heavy atom. The zero-order chi connectivity index (χ0) is 7.68. The number of hydrogen-bond donors (Lipinski definition) is 1. The van der Waals surface area contributed by atoms with Crippen molar-refractivity contribution in [2.24, 2.45) is 0 Å². The van der Waals surface area contributed by atoms with Crippen LogP contribution in [0.1, 0.15) is 10.8 Å². The van der Waals surface area contributed by atoms with Gasteiger partial charge in [0.15, 0.2) is 0 Å². The Morgan fingerprint density at radius 2 is 2.45 bits per heavy atom. The zero-order valence-corrected chi connectivity index (χ0v) is 6.88. The standard InChI is InChI=1S/C8H10O2S/c9-7-5-10-4-6(7)8-2-1-3-11-8/h1-3,6-7,9H,4-5H2/t6-,7-/m1/s1. The van der Waals surface area contributed by atoms with Crippen LogP contribution in [0.3, 0.4) is 0 Å². The summed E-state index contributed by atoms with van der Waals surface area (Å²) in [7, 11) is 0. The molecule has 0 spiro atoms. The number of aliphatic hydroxyl groups is 1. The molecule has 2 atom stereocenters. The van der Waals surface area contributed by atoms with Crippen LogP contribution in [0.25, 0.3) is 0 Å². The van der Waals surface area contributed by atoms with Crippen LogP contribution < -0.4 is 0 Å². The highest BCUT2D eigenvalue weighted by Gasteiger charge is 2.27. The molecule has 0 radical (unpaired) electrons. The first kappa shape index (κ1) is 7.28. The molecule has 0 amide bonds. The van der Waals surface area contributed by atoms with Crippen molar-refractivity contribution in [2.75, 3.05) is 13.2 Å². The highest BCUT2D eigenvalue weighted by molar-refractivity contribution is 7.10. The molecule has 0 saturated carbocycles. The molecule has 2 nitrogen and oxygen atoms in total. The minimum Gasteiger partial charge on any atom is -0.390 e. The fourth-order valence-corrected chi connectivity index (χ4v) is 2.19. The summed E-state index contributed by atoms with van der Waals surface area (Å²) < 4.78 is 5.15. The minimum absolute atomic E-state index is 0.218. The molecule has 1 fully saturated rings. The third-order valence-corrected chi connectivity index (χ3v) is 2.96. The van der Waals surface area contributed by atoms with E-state index in [9.17, 15) is 5.11 Å². The number of aliphatic hydroxyl groups excluding tert-OH is 1. The number of ether oxygens (including phenoxy) is 1. The fraction of sp³-hybridized carbons (Fsp3) is 0.500. The van der Waals surface area contributed by atoms with Gasteiger partial charge in [-0.25, -0.2) is 0 Å². The van der Waals surface area contributed by atoms with E-state index in [-0.39, 0.29) is 12.0 Å². The highest BCUT2D eigenvalue weighted by Crippen LogP contribution is 2.28. The monoisotopic (exact) mass is 170 g/mol. The second-order valence-corrected chi connectivity index (χ2v) is 3.71. The first-order valence-electron chi connectivity index (χ1n) is 3.67. The molecule has 1 aromatic heterocycles. The Labute approximate surface area is 69.4 Å². The quantitative estimate of drug-likeness (QED) is 0.686. The molecule has 1 N–H and O–H groups in total. The lowest BCUT2D eigenvalue weighted by Gasteiger charge is -2.08. The van der Waals surface area contributed by atoms with Crippen molar-refractivity contribution >= 4 is 11.3 Å². The summed E-state index contributed by atoms with van der Waals surface area (Å²) in [6.07, 6.45) is -0.298. The van der Waals surface area contributed by atoms with Crippen molar-refractivity contribution in [3.05, 3.63) is 22.4 Å². The molecule has 0 unspecified atom stereocenters. The average Bonchev–Trinajstić information content (AvgIpc) is 2.55. The summed E-state index contributed by atoms with van der Waals surface area (Å²) >= 11 is 1.68. The van der Waals surface area contributed by atoms with Gasteiger partial charge in [-0.15, -0.1) is 11.3 Å². The summed E-state index contributed by atoms with van der Waals surface area (Å²) in [4.78, 5) is 1.23.